The minimum Gasteiger partial charge on any atom is -0.284 e. The van der Waals surface area contributed by atoms with Gasteiger partial charge in [-0.1, -0.05) is 12.1 Å². The zero-order chi connectivity index (χ0) is 13.3. The molecule has 19 heavy (non-hydrogen) atoms. The van der Waals surface area contributed by atoms with Crippen LogP contribution in [0.4, 0.5) is 5.69 Å². The van der Waals surface area contributed by atoms with E-state index in [1.54, 1.807) is 18.3 Å². The summed E-state index contributed by atoms with van der Waals surface area (Å²) in [6.07, 6.45) is 3.71. The zero-order valence-corrected chi connectivity index (χ0v) is 11.2. The van der Waals surface area contributed by atoms with Gasteiger partial charge in [-0.05, 0) is 37.0 Å². The van der Waals surface area contributed by atoms with Gasteiger partial charge in [0, 0.05) is 17.4 Å². The van der Waals surface area contributed by atoms with Crippen LogP contribution < -0.4 is 4.72 Å². The molecule has 2 N–H and O–H groups in total. The molecular formula is C13H15N3O2S. The third-order valence-corrected chi connectivity index (χ3v) is 4.56. The number of aromatic nitrogens is 2. The normalized spacial score (nSPS) is 15.4. The number of hydrogen-bond donors (Lipinski definition) is 2. The quantitative estimate of drug-likeness (QED) is 0.880. The number of anilines is 1. The molecule has 0 radical (unpaired) electrons. The molecule has 0 amide bonds. The van der Waals surface area contributed by atoms with Crippen molar-refractivity contribution in [1.29, 1.82) is 0 Å². The number of H-pyrrole nitrogens is 1. The summed E-state index contributed by atoms with van der Waals surface area (Å²) in [5.74, 6) is 0.565. The summed E-state index contributed by atoms with van der Waals surface area (Å²) in [6.45, 7) is 0. The molecule has 0 spiro atoms. The Morgan fingerprint density at radius 3 is 2.84 bits per heavy atom. The van der Waals surface area contributed by atoms with Crippen molar-refractivity contribution in [2.75, 3.05) is 10.5 Å². The van der Waals surface area contributed by atoms with Gasteiger partial charge in [0.25, 0.3) is 0 Å². The molecule has 0 unspecified atom stereocenters. The van der Waals surface area contributed by atoms with E-state index in [1.807, 2.05) is 18.2 Å². The van der Waals surface area contributed by atoms with Crippen molar-refractivity contribution in [1.82, 2.24) is 10.2 Å². The second kappa shape index (κ2) is 4.70. The van der Waals surface area contributed by atoms with E-state index in [-0.39, 0.29) is 5.75 Å². The van der Waals surface area contributed by atoms with Crippen LogP contribution in [0.1, 0.15) is 12.8 Å². The monoisotopic (exact) mass is 277 g/mol. The standard InChI is InChI=1S/C13H15N3O2S/c17-19(18,9-10-4-5-10)16-12-3-1-2-11(8-12)13-6-7-14-15-13/h1-3,6-8,10,16H,4-5,9H2,(H,14,15). The van der Waals surface area contributed by atoms with Crippen molar-refractivity contribution in [2.24, 2.45) is 5.92 Å². The summed E-state index contributed by atoms with van der Waals surface area (Å²) in [5, 5.41) is 6.75. The molecule has 6 heteroatoms. The molecule has 1 heterocycles. The minimum absolute atomic E-state index is 0.223. The van der Waals surface area contributed by atoms with E-state index < -0.39 is 10.0 Å². The highest BCUT2D eigenvalue weighted by molar-refractivity contribution is 7.92. The van der Waals surface area contributed by atoms with Crippen molar-refractivity contribution in [3.05, 3.63) is 36.5 Å². The first-order valence-electron chi connectivity index (χ1n) is 6.23. The fourth-order valence-electron chi connectivity index (χ4n) is 1.98. The average Bonchev–Trinajstić information content (AvgIpc) is 2.98. The van der Waals surface area contributed by atoms with Gasteiger partial charge >= 0.3 is 0 Å². The zero-order valence-electron chi connectivity index (χ0n) is 10.3. The Morgan fingerprint density at radius 2 is 2.16 bits per heavy atom. The number of aromatic amines is 1. The van der Waals surface area contributed by atoms with Crippen LogP contribution in [-0.4, -0.2) is 24.4 Å². The second-order valence-corrected chi connectivity index (χ2v) is 6.64. The van der Waals surface area contributed by atoms with Crippen molar-refractivity contribution in [2.45, 2.75) is 12.8 Å². The van der Waals surface area contributed by atoms with Gasteiger partial charge < -0.3 is 0 Å². The molecule has 1 fully saturated rings. The van der Waals surface area contributed by atoms with E-state index in [4.69, 9.17) is 0 Å². The molecular weight excluding hydrogens is 262 g/mol. The van der Waals surface area contributed by atoms with Crippen LogP contribution in [0.5, 0.6) is 0 Å². The summed E-state index contributed by atoms with van der Waals surface area (Å²) in [7, 11) is -3.23. The number of benzene rings is 1. The van der Waals surface area contributed by atoms with Crippen LogP contribution in [0.3, 0.4) is 0 Å². The molecule has 100 valence electrons. The maximum Gasteiger partial charge on any atom is 0.232 e. The molecule has 3 rings (SSSR count). The van der Waals surface area contributed by atoms with Crippen LogP contribution in [-0.2, 0) is 10.0 Å². The highest BCUT2D eigenvalue weighted by Crippen LogP contribution is 2.31. The van der Waals surface area contributed by atoms with Crippen LogP contribution in [0, 0.1) is 5.92 Å². The lowest BCUT2D eigenvalue weighted by Crippen LogP contribution is -2.17. The van der Waals surface area contributed by atoms with Gasteiger partial charge in [0.15, 0.2) is 0 Å². The molecule has 0 bridgehead atoms. The number of nitrogens with zero attached hydrogens (tertiary/aromatic N) is 1. The first-order valence-corrected chi connectivity index (χ1v) is 7.88. The maximum atomic E-state index is 11.9. The Bertz CT molecular complexity index is 661. The SMILES string of the molecule is O=S(=O)(CC1CC1)Nc1cccc(-c2ccn[nH]2)c1. The van der Waals surface area contributed by atoms with Crippen molar-refractivity contribution < 1.29 is 8.42 Å². The van der Waals surface area contributed by atoms with Gasteiger partial charge in [0.1, 0.15) is 0 Å². The summed E-state index contributed by atoms with van der Waals surface area (Å²) < 4.78 is 26.5. The lowest BCUT2D eigenvalue weighted by Gasteiger charge is -2.08. The van der Waals surface area contributed by atoms with Gasteiger partial charge in [0.05, 0.1) is 11.4 Å². The molecule has 5 nitrogen and oxygen atoms in total. The Kier molecular flexibility index (Phi) is 3.02. The number of rotatable bonds is 5. The molecule has 1 aromatic heterocycles. The molecule has 1 aliphatic rings. The van der Waals surface area contributed by atoms with Gasteiger partial charge in [0.2, 0.25) is 10.0 Å². The van der Waals surface area contributed by atoms with E-state index >= 15 is 0 Å². The number of sulfonamides is 1. The Labute approximate surface area is 112 Å². The van der Waals surface area contributed by atoms with E-state index in [0.29, 0.717) is 11.6 Å². The maximum absolute atomic E-state index is 11.9. The van der Waals surface area contributed by atoms with Crippen LogP contribution in [0.15, 0.2) is 36.5 Å². The van der Waals surface area contributed by atoms with E-state index in [9.17, 15) is 8.42 Å². The van der Waals surface area contributed by atoms with E-state index in [2.05, 4.69) is 14.9 Å². The predicted octanol–water partition coefficient (Wildman–Crippen LogP) is 2.23. The third kappa shape index (κ3) is 3.14. The molecule has 0 aliphatic heterocycles. The Hall–Kier alpha value is -1.82. The smallest absolute Gasteiger partial charge is 0.232 e. The van der Waals surface area contributed by atoms with Gasteiger partial charge in [-0.3, -0.25) is 9.82 Å². The largest absolute Gasteiger partial charge is 0.284 e. The van der Waals surface area contributed by atoms with Crippen LogP contribution in [0.2, 0.25) is 0 Å². The molecule has 1 aliphatic carbocycles. The number of hydrogen-bond acceptors (Lipinski definition) is 3. The van der Waals surface area contributed by atoms with Crippen molar-refractivity contribution in [3.8, 4) is 11.3 Å². The molecule has 2 aromatic rings. The first kappa shape index (κ1) is 12.2. The van der Waals surface area contributed by atoms with E-state index in [0.717, 1.165) is 24.1 Å². The topological polar surface area (TPSA) is 74.8 Å². The summed E-state index contributed by atoms with van der Waals surface area (Å²) in [5.41, 5.74) is 2.36. The van der Waals surface area contributed by atoms with Gasteiger partial charge in [-0.2, -0.15) is 5.10 Å². The highest BCUT2D eigenvalue weighted by atomic mass is 32.2. The van der Waals surface area contributed by atoms with Crippen molar-refractivity contribution in [3.63, 3.8) is 0 Å². The van der Waals surface area contributed by atoms with Gasteiger partial charge in [-0.25, -0.2) is 8.42 Å². The third-order valence-electron chi connectivity index (χ3n) is 3.10. The molecule has 1 aromatic carbocycles. The van der Waals surface area contributed by atoms with Crippen molar-refractivity contribution >= 4 is 15.7 Å². The van der Waals surface area contributed by atoms with Gasteiger partial charge in [-0.15, -0.1) is 0 Å². The predicted molar refractivity (Wildman–Crippen MR) is 74.2 cm³/mol. The number of nitrogens with one attached hydrogen (secondary N) is 2. The van der Waals surface area contributed by atoms with Crippen LogP contribution in [0.25, 0.3) is 11.3 Å². The van der Waals surface area contributed by atoms with E-state index in [1.165, 1.54) is 0 Å². The lowest BCUT2D eigenvalue weighted by molar-refractivity contribution is 0.597. The Balaban J connectivity index is 1.79. The van der Waals surface area contributed by atoms with Crippen LogP contribution >= 0.6 is 0 Å². The molecule has 0 atom stereocenters. The highest BCUT2D eigenvalue weighted by Gasteiger charge is 2.27. The Morgan fingerprint density at radius 1 is 1.32 bits per heavy atom. The lowest BCUT2D eigenvalue weighted by atomic mass is 10.1. The summed E-state index contributed by atoms with van der Waals surface area (Å²) in [4.78, 5) is 0. The second-order valence-electron chi connectivity index (χ2n) is 4.88. The minimum atomic E-state index is -3.23. The molecule has 1 saturated carbocycles. The average molecular weight is 277 g/mol. The summed E-state index contributed by atoms with van der Waals surface area (Å²) in [6, 6.07) is 9.14. The fraction of sp³-hybridized carbons (Fsp3) is 0.308. The fourth-order valence-corrected chi connectivity index (χ4v) is 3.51. The first-order chi connectivity index (χ1) is 9.12. The molecule has 0 saturated heterocycles. The summed E-state index contributed by atoms with van der Waals surface area (Å²) >= 11 is 0.